The first-order valence-electron chi connectivity index (χ1n) is 7.91. The number of hydrogen-bond donors (Lipinski definition) is 1. The molecule has 1 aromatic rings. The zero-order chi connectivity index (χ0) is 15.5. The number of nitrogens with one attached hydrogen (secondary N) is 1. The summed E-state index contributed by atoms with van der Waals surface area (Å²) in [4.78, 5) is 12.8. The monoisotopic (exact) mass is 285 g/mol. The minimum Gasteiger partial charge on any atom is -0.382 e. The molecule has 0 spiro atoms. The van der Waals surface area contributed by atoms with Gasteiger partial charge in [-0.25, -0.2) is 0 Å². The predicted octanol–water partition coefficient (Wildman–Crippen LogP) is 4.68. The van der Waals surface area contributed by atoms with Crippen molar-refractivity contribution >= 4 is 11.5 Å². The Morgan fingerprint density at radius 3 is 2.62 bits per heavy atom. The molecular weight excluding hydrogens is 258 g/mol. The van der Waals surface area contributed by atoms with Gasteiger partial charge in [0.15, 0.2) is 0 Å². The fourth-order valence-electron chi connectivity index (χ4n) is 3.56. The average molecular weight is 285 g/mol. The molecule has 0 radical (unpaired) electrons. The summed E-state index contributed by atoms with van der Waals surface area (Å²) in [5.41, 5.74) is 1.14. The molecule has 0 aromatic heterocycles. The Morgan fingerprint density at radius 2 is 2.00 bits per heavy atom. The first-order chi connectivity index (χ1) is 9.90. The van der Waals surface area contributed by atoms with Gasteiger partial charge in [-0.2, -0.15) is 0 Å². The lowest BCUT2D eigenvalue weighted by molar-refractivity contribution is -0.128. The quantitative estimate of drug-likeness (QED) is 0.796. The average Bonchev–Trinajstić information content (AvgIpc) is 2.38. The summed E-state index contributed by atoms with van der Waals surface area (Å²) in [7, 11) is 0. The van der Waals surface area contributed by atoms with Crippen LogP contribution in [0.25, 0.3) is 0 Å². The standard InChI is InChI=1S/C19H27NO/c1-14-9-8-12-19(3,4)18(14)17(21)13-15(2)20-16-10-6-5-7-11-16/h5-11,14-15,18,20H,12-13H2,1-4H3/t14-,15+,18-/m1/s1. The van der Waals surface area contributed by atoms with Crippen molar-refractivity contribution < 1.29 is 4.79 Å². The highest BCUT2D eigenvalue weighted by Gasteiger charge is 2.39. The number of Topliss-reactive ketones (excluding diaryl/α,β-unsaturated/α-hetero) is 1. The molecule has 0 heterocycles. The lowest BCUT2D eigenvalue weighted by Crippen LogP contribution is -2.39. The number of ketones is 1. The molecule has 3 atom stereocenters. The molecule has 2 nitrogen and oxygen atoms in total. The van der Waals surface area contributed by atoms with Crippen LogP contribution < -0.4 is 5.32 Å². The van der Waals surface area contributed by atoms with Crippen LogP contribution in [0.15, 0.2) is 42.5 Å². The first kappa shape index (κ1) is 15.8. The second-order valence-corrected chi connectivity index (χ2v) is 7.04. The molecule has 1 N–H and O–H groups in total. The van der Waals surface area contributed by atoms with Crippen LogP contribution in [0, 0.1) is 17.3 Å². The molecule has 21 heavy (non-hydrogen) atoms. The lowest BCUT2D eigenvalue weighted by atomic mass is 9.65. The molecule has 0 amide bonds. The third-order valence-electron chi connectivity index (χ3n) is 4.49. The van der Waals surface area contributed by atoms with Gasteiger partial charge in [0.2, 0.25) is 0 Å². The van der Waals surface area contributed by atoms with Gasteiger partial charge in [-0.05, 0) is 36.8 Å². The second-order valence-electron chi connectivity index (χ2n) is 7.04. The van der Waals surface area contributed by atoms with E-state index in [-0.39, 0.29) is 17.4 Å². The van der Waals surface area contributed by atoms with E-state index >= 15 is 0 Å². The summed E-state index contributed by atoms with van der Waals surface area (Å²) in [5.74, 6) is 0.848. The predicted molar refractivity (Wildman–Crippen MR) is 89.3 cm³/mol. The van der Waals surface area contributed by atoms with Gasteiger partial charge < -0.3 is 5.32 Å². The van der Waals surface area contributed by atoms with Crippen LogP contribution in [0.3, 0.4) is 0 Å². The van der Waals surface area contributed by atoms with Gasteiger partial charge in [0.1, 0.15) is 5.78 Å². The number of benzene rings is 1. The molecule has 1 aliphatic rings. The molecule has 2 heteroatoms. The number of anilines is 1. The maximum atomic E-state index is 12.8. The van der Waals surface area contributed by atoms with Gasteiger partial charge in [0, 0.05) is 24.1 Å². The molecule has 0 fully saturated rings. The SMILES string of the molecule is C[C@@H]1C=CCC(C)(C)[C@H]1C(=O)C[C@H](C)Nc1ccccc1. The van der Waals surface area contributed by atoms with E-state index in [0.29, 0.717) is 18.1 Å². The Hall–Kier alpha value is -1.57. The third kappa shape index (κ3) is 3.96. The van der Waals surface area contributed by atoms with E-state index in [0.717, 1.165) is 12.1 Å². The van der Waals surface area contributed by atoms with E-state index < -0.39 is 0 Å². The van der Waals surface area contributed by atoms with E-state index in [9.17, 15) is 4.79 Å². The Kier molecular flexibility index (Phi) is 4.87. The van der Waals surface area contributed by atoms with Crippen LogP contribution >= 0.6 is 0 Å². The van der Waals surface area contributed by atoms with Gasteiger partial charge in [-0.1, -0.05) is 51.1 Å². The largest absolute Gasteiger partial charge is 0.382 e. The molecule has 0 aliphatic heterocycles. The highest BCUT2D eigenvalue weighted by Crippen LogP contribution is 2.41. The van der Waals surface area contributed by atoms with Gasteiger partial charge in [0.25, 0.3) is 0 Å². The summed E-state index contributed by atoms with van der Waals surface area (Å²) in [5, 5.41) is 3.42. The van der Waals surface area contributed by atoms with Crippen molar-refractivity contribution in [3.63, 3.8) is 0 Å². The molecule has 0 unspecified atom stereocenters. The number of para-hydroxylation sites is 1. The lowest BCUT2D eigenvalue weighted by Gasteiger charge is -2.39. The zero-order valence-electron chi connectivity index (χ0n) is 13.6. The zero-order valence-corrected chi connectivity index (χ0v) is 13.6. The van der Waals surface area contributed by atoms with Gasteiger partial charge in [-0.15, -0.1) is 0 Å². The number of carbonyl (C=O) groups excluding carboxylic acids is 1. The molecule has 1 aromatic carbocycles. The van der Waals surface area contributed by atoms with E-state index in [4.69, 9.17) is 0 Å². The van der Waals surface area contributed by atoms with E-state index in [2.05, 4.69) is 45.2 Å². The maximum absolute atomic E-state index is 12.8. The first-order valence-corrected chi connectivity index (χ1v) is 7.91. The smallest absolute Gasteiger partial charge is 0.139 e. The summed E-state index contributed by atoms with van der Waals surface area (Å²) in [6, 6.07) is 10.3. The van der Waals surface area contributed by atoms with Gasteiger partial charge >= 0.3 is 0 Å². The van der Waals surface area contributed by atoms with Crippen molar-refractivity contribution in [1.82, 2.24) is 0 Å². The molecule has 1 aliphatic carbocycles. The highest BCUT2D eigenvalue weighted by molar-refractivity contribution is 5.83. The molecular formula is C19H27NO. The van der Waals surface area contributed by atoms with Crippen LogP contribution in [-0.2, 0) is 4.79 Å². The van der Waals surface area contributed by atoms with Crippen molar-refractivity contribution in [2.45, 2.75) is 46.6 Å². The van der Waals surface area contributed by atoms with Crippen LogP contribution in [0.4, 0.5) is 5.69 Å². The summed E-state index contributed by atoms with van der Waals surface area (Å²) >= 11 is 0. The Bertz CT molecular complexity index is 504. The van der Waals surface area contributed by atoms with E-state index in [1.807, 2.05) is 30.3 Å². The normalized spacial score (nSPS) is 25.3. The fourth-order valence-corrected chi connectivity index (χ4v) is 3.56. The van der Waals surface area contributed by atoms with E-state index in [1.54, 1.807) is 0 Å². The van der Waals surface area contributed by atoms with Crippen LogP contribution in [-0.4, -0.2) is 11.8 Å². The van der Waals surface area contributed by atoms with Crippen molar-refractivity contribution in [2.24, 2.45) is 17.3 Å². The Labute approximate surface area is 128 Å². The number of allylic oxidation sites excluding steroid dienone is 2. The third-order valence-corrected chi connectivity index (χ3v) is 4.49. The maximum Gasteiger partial charge on any atom is 0.139 e. The van der Waals surface area contributed by atoms with Crippen LogP contribution in [0.2, 0.25) is 0 Å². The molecule has 2 rings (SSSR count). The summed E-state index contributed by atoms with van der Waals surface area (Å²) in [6.45, 7) is 8.67. The Balaban J connectivity index is 1.99. The van der Waals surface area contributed by atoms with Crippen molar-refractivity contribution in [3.8, 4) is 0 Å². The van der Waals surface area contributed by atoms with Crippen molar-refractivity contribution in [1.29, 1.82) is 0 Å². The highest BCUT2D eigenvalue weighted by atomic mass is 16.1. The van der Waals surface area contributed by atoms with E-state index in [1.165, 1.54) is 0 Å². The van der Waals surface area contributed by atoms with Gasteiger partial charge in [0.05, 0.1) is 0 Å². The molecule has 0 saturated carbocycles. The second kappa shape index (κ2) is 6.46. The number of hydrogen-bond acceptors (Lipinski definition) is 2. The van der Waals surface area contributed by atoms with Gasteiger partial charge in [-0.3, -0.25) is 4.79 Å². The number of rotatable bonds is 5. The van der Waals surface area contributed by atoms with Crippen molar-refractivity contribution in [3.05, 3.63) is 42.5 Å². The molecule has 0 bridgehead atoms. The van der Waals surface area contributed by atoms with Crippen molar-refractivity contribution in [2.75, 3.05) is 5.32 Å². The fraction of sp³-hybridized carbons (Fsp3) is 0.526. The van der Waals surface area contributed by atoms with Crippen LogP contribution in [0.5, 0.6) is 0 Å². The van der Waals surface area contributed by atoms with Crippen LogP contribution in [0.1, 0.15) is 40.5 Å². The molecule has 0 saturated heterocycles. The molecule has 114 valence electrons. The number of carbonyl (C=O) groups is 1. The minimum atomic E-state index is 0.0672. The Morgan fingerprint density at radius 1 is 1.33 bits per heavy atom. The minimum absolute atomic E-state index is 0.0672. The summed E-state index contributed by atoms with van der Waals surface area (Å²) < 4.78 is 0. The summed E-state index contributed by atoms with van der Waals surface area (Å²) in [6.07, 6.45) is 6.00. The topological polar surface area (TPSA) is 29.1 Å².